The fourth-order valence-corrected chi connectivity index (χ4v) is 4.17. The first-order chi connectivity index (χ1) is 11.4. The van der Waals surface area contributed by atoms with Gasteiger partial charge in [0.05, 0.1) is 5.92 Å². The van der Waals surface area contributed by atoms with Crippen LogP contribution >= 0.6 is 35.3 Å². The van der Waals surface area contributed by atoms with E-state index in [9.17, 15) is 4.79 Å². The number of amides is 1. The van der Waals surface area contributed by atoms with E-state index in [1.54, 1.807) is 0 Å². The first kappa shape index (κ1) is 20.1. The predicted molar refractivity (Wildman–Crippen MR) is 105 cm³/mol. The first-order valence-electron chi connectivity index (χ1n) is 8.10. The zero-order valence-electron chi connectivity index (χ0n) is 14.0. The number of hydrogen-bond donors (Lipinski definition) is 2. The van der Waals surface area contributed by atoms with Crippen LogP contribution in [0.4, 0.5) is 5.13 Å². The third-order valence-electron chi connectivity index (χ3n) is 4.51. The van der Waals surface area contributed by atoms with Crippen LogP contribution in [-0.4, -0.2) is 21.6 Å². The van der Waals surface area contributed by atoms with Crippen molar-refractivity contribution in [3.05, 3.63) is 39.9 Å². The first-order valence-corrected chi connectivity index (χ1v) is 9.30. The van der Waals surface area contributed by atoms with Crippen LogP contribution in [0.25, 0.3) is 0 Å². The molecule has 1 fully saturated rings. The zero-order valence-corrected chi connectivity index (χ0v) is 16.4. The summed E-state index contributed by atoms with van der Waals surface area (Å²) in [4.78, 5) is 12.5. The highest BCUT2D eigenvalue weighted by Gasteiger charge is 2.38. The molecule has 0 radical (unpaired) electrons. The normalized spacial score (nSPS) is 22.9. The summed E-state index contributed by atoms with van der Waals surface area (Å²) in [6, 6.07) is 7.65. The Hall–Kier alpha value is -1.21. The number of benzene rings is 1. The van der Waals surface area contributed by atoms with Gasteiger partial charge in [-0.15, -0.1) is 22.6 Å². The lowest BCUT2D eigenvalue weighted by molar-refractivity contribution is -0.122. The quantitative estimate of drug-likeness (QED) is 0.810. The number of carbonyl (C=O) groups is 1. The van der Waals surface area contributed by atoms with Crippen LogP contribution in [0.15, 0.2) is 24.3 Å². The molecule has 2 unspecified atom stereocenters. The maximum atomic E-state index is 12.5. The highest BCUT2D eigenvalue weighted by Crippen LogP contribution is 2.32. The summed E-state index contributed by atoms with van der Waals surface area (Å²) < 4.78 is 0. The number of nitrogens with one attached hydrogen (secondary N) is 1. The molecule has 3 N–H and O–H groups in total. The fourth-order valence-electron chi connectivity index (χ4n) is 3.18. The van der Waals surface area contributed by atoms with Crippen LogP contribution in [-0.2, 0) is 11.2 Å². The lowest BCUT2D eigenvalue weighted by Crippen LogP contribution is -2.51. The topological polar surface area (TPSA) is 80.9 Å². The van der Waals surface area contributed by atoms with Crippen molar-refractivity contribution >= 4 is 46.4 Å². The second kappa shape index (κ2) is 8.45. The average molecular weight is 401 g/mol. The third kappa shape index (κ3) is 5.14. The lowest BCUT2D eigenvalue weighted by atomic mass is 9.74. The van der Waals surface area contributed by atoms with Gasteiger partial charge in [0.2, 0.25) is 11.0 Å². The van der Waals surface area contributed by atoms with Gasteiger partial charge in [-0.3, -0.25) is 4.79 Å². The minimum absolute atomic E-state index is 0. The Kier molecular flexibility index (Phi) is 6.79. The minimum Gasteiger partial charge on any atom is -0.325 e. The number of halogens is 2. The number of hydrogen-bond acceptors (Lipinski definition) is 5. The lowest BCUT2D eigenvalue weighted by Gasteiger charge is -2.36. The molecule has 1 amide bonds. The van der Waals surface area contributed by atoms with Gasteiger partial charge < -0.3 is 11.1 Å². The molecule has 0 bridgehead atoms. The summed E-state index contributed by atoms with van der Waals surface area (Å²) >= 11 is 7.38. The SMILES string of the molecule is CC1(N)CCCCC1C(=O)Nc1nnc(Cc2cccc(Cl)c2)s1.Cl. The van der Waals surface area contributed by atoms with Crippen molar-refractivity contribution < 1.29 is 4.79 Å². The van der Waals surface area contributed by atoms with Gasteiger partial charge in [0.25, 0.3) is 0 Å². The smallest absolute Gasteiger partial charge is 0.231 e. The van der Waals surface area contributed by atoms with E-state index in [0.717, 1.165) is 36.3 Å². The van der Waals surface area contributed by atoms with E-state index in [4.69, 9.17) is 17.3 Å². The number of nitrogens with two attached hydrogens (primary N) is 1. The summed E-state index contributed by atoms with van der Waals surface area (Å²) in [5.41, 5.74) is 6.91. The molecule has 1 saturated carbocycles. The molecular weight excluding hydrogens is 379 g/mol. The Morgan fingerprint density at radius 3 is 2.96 bits per heavy atom. The third-order valence-corrected chi connectivity index (χ3v) is 5.59. The molecule has 0 spiro atoms. The van der Waals surface area contributed by atoms with Crippen LogP contribution in [0.3, 0.4) is 0 Å². The Balaban J connectivity index is 0.00000225. The number of anilines is 1. The van der Waals surface area contributed by atoms with Crippen molar-refractivity contribution in [2.75, 3.05) is 5.32 Å². The van der Waals surface area contributed by atoms with Crippen molar-refractivity contribution in [3.63, 3.8) is 0 Å². The fraction of sp³-hybridized carbons (Fsp3) is 0.471. The van der Waals surface area contributed by atoms with E-state index in [0.29, 0.717) is 16.6 Å². The largest absolute Gasteiger partial charge is 0.325 e. The van der Waals surface area contributed by atoms with E-state index in [1.807, 2.05) is 31.2 Å². The molecule has 8 heteroatoms. The van der Waals surface area contributed by atoms with Crippen LogP contribution in [0.5, 0.6) is 0 Å². The Labute approximate surface area is 162 Å². The molecule has 136 valence electrons. The van der Waals surface area contributed by atoms with Gasteiger partial charge in [-0.05, 0) is 37.5 Å². The summed E-state index contributed by atoms with van der Waals surface area (Å²) in [6.07, 6.45) is 4.47. The summed E-state index contributed by atoms with van der Waals surface area (Å²) in [5.74, 6) is -0.225. The number of carbonyl (C=O) groups excluding carboxylic acids is 1. The summed E-state index contributed by atoms with van der Waals surface area (Å²) in [6.45, 7) is 1.96. The number of aromatic nitrogens is 2. The summed E-state index contributed by atoms with van der Waals surface area (Å²) in [7, 11) is 0. The Morgan fingerprint density at radius 2 is 2.24 bits per heavy atom. The maximum Gasteiger partial charge on any atom is 0.231 e. The Bertz CT molecular complexity index is 735. The molecule has 1 aliphatic carbocycles. The number of rotatable bonds is 4. The molecule has 0 aliphatic heterocycles. The highest BCUT2D eigenvalue weighted by molar-refractivity contribution is 7.15. The molecule has 25 heavy (non-hydrogen) atoms. The average Bonchev–Trinajstić information content (AvgIpc) is 2.93. The molecule has 1 heterocycles. The van der Waals surface area contributed by atoms with Crippen LogP contribution in [0.2, 0.25) is 5.02 Å². The summed E-state index contributed by atoms with van der Waals surface area (Å²) in [5, 5.41) is 13.2. The molecule has 5 nitrogen and oxygen atoms in total. The molecule has 1 aromatic carbocycles. The molecule has 0 saturated heterocycles. The van der Waals surface area contributed by atoms with E-state index >= 15 is 0 Å². The van der Waals surface area contributed by atoms with Crippen LogP contribution < -0.4 is 11.1 Å². The zero-order chi connectivity index (χ0) is 17.2. The molecule has 3 rings (SSSR count). The monoisotopic (exact) mass is 400 g/mol. The molecule has 1 aliphatic rings. The molecule has 1 aromatic heterocycles. The second-order valence-electron chi connectivity index (χ2n) is 6.60. The maximum absolute atomic E-state index is 12.5. The van der Waals surface area contributed by atoms with Crippen molar-refractivity contribution in [2.45, 2.75) is 44.6 Å². The number of nitrogens with zero attached hydrogens (tertiary/aromatic N) is 2. The van der Waals surface area contributed by atoms with E-state index in [-0.39, 0.29) is 24.2 Å². The van der Waals surface area contributed by atoms with Gasteiger partial charge in [-0.2, -0.15) is 0 Å². The van der Waals surface area contributed by atoms with Crippen molar-refractivity contribution in [1.29, 1.82) is 0 Å². The highest BCUT2D eigenvalue weighted by atomic mass is 35.5. The molecule has 2 aromatic rings. The van der Waals surface area contributed by atoms with Gasteiger partial charge in [-0.25, -0.2) is 0 Å². The second-order valence-corrected chi connectivity index (χ2v) is 8.10. The van der Waals surface area contributed by atoms with Gasteiger partial charge >= 0.3 is 0 Å². The van der Waals surface area contributed by atoms with Crippen molar-refractivity contribution in [1.82, 2.24) is 10.2 Å². The standard InChI is InChI=1S/C17H21ClN4OS.ClH/c1-17(19)8-3-2-7-13(17)15(23)20-16-22-21-14(24-16)10-11-5-4-6-12(18)9-11;/h4-6,9,13H,2-3,7-8,10,19H2,1H3,(H,20,22,23);1H. The van der Waals surface area contributed by atoms with Crippen LogP contribution in [0, 0.1) is 5.92 Å². The Morgan fingerprint density at radius 1 is 1.44 bits per heavy atom. The van der Waals surface area contributed by atoms with E-state index in [1.165, 1.54) is 11.3 Å². The molecular formula is C17H22Cl2N4OS. The predicted octanol–water partition coefficient (Wildman–Crippen LogP) is 4.05. The van der Waals surface area contributed by atoms with Gasteiger partial charge in [0, 0.05) is 17.0 Å². The van der Waals surface area contributed by atoms with Crippen molar-refractivity contribution in [2.24, 2.45) is 11.7 Å². The van der Waals surface area contributed by atoms with E-state index < -0.39 is 5.54 Å². The van der Waals surface area contributed by atoms with E-state index in [2.05, 4.69) is 15.5 Å². The van der Waals surface area contributed by atoms with Gasteiger partial charge in [-0.1, -0.05) is 47.9 Å². The van der Waals surface area contributed by atoms with Crippen molar-refractivity contribution in [3.8, 4) is 0 Å². The molecule has 2 atom stereocenters. The van der Waals surface area contributed by atoms with Gasteiger partial charge in [0.1, 0.15) is 5.01 Å². The van der Waals surface area contributed by atoms with Gasteiger partial charge in [0.15, 0.2) is 0 Å². The van der Waals surface area contributed by atoms with Crippen LogP contribution in [0.1, 0.15) is 43.2 Å². The minimum atomic E-state index is -0.448.